The molecule has 2 heterocycles. The van der Waals surface area contributed by atoms with Crippen LogP contribution < -0.4 is 0 Å². The molecule has 0 bridgehead atoms. The van der Waals surface area contributed by atoms with Crippen LogP contribution in [0.1, 0.15) is 5.82 Å². The van der Waals surface area contributed by atoms with Crippen molar-refractivity contribution in [2.45, 2.75) is 6.67 Å². The highest BCUT2D eigenvalue weighted by Gasteiger charge is 2.00. The summed E-state index contributed by atoms with van der Waals surface area (Å²) < 4.78 is 12.2. The lowest BCUT2D eigenvalue weighted by Crippen LogP contribution is -1.93. The molecule has 0 saturated carbocycles. The minimum Gasteiger partial charge on any atom is -0.242 e. The van der Waals surface area contributed by atoms with Gasteiger partial charge in [-0.05, 0) is 12.1 Å². The van der Waals surface area contributed by atoms with Crippen LogP contribution in [-0.4, -0.2) is 15.0 Å². The maximum atomic E-state index is 12.2. The molecule has 0 spiro atoms. The van der Waals surface area contributed by atoms with E-state index in [0.29, 0.717) is 16.2 Å². The Morgan fingerprint density at radius 1 is 1.23 bits per heavy atom. The summed E-state index contributed by atoms with van der Waals surface area (Å²) in [7, 11) is 0. The summed E-state index contributed by atoms with van der Waals surface area (Å²) in [6, 6.07) is 3.30. The molecule has 13 heavy (non-hydrogen) atoms. The van der Waals surface area contributed by atoms with Crippen molar-refractivity contribution in [1.82, 2.24) is 15.0 Å². The maximum absolute atomic E-state index is 12.2. The van der Waals surface area contributed by atoms with E-state index in [0.717, 1.165) is 0 Å². The molecule has 66 valence electrons. The Balaban J connectivity index is 2.66. The van der Waals surface area contributed by atoms with Gasteiger partial charge in [0.15, 0.2) is 5.82 Å². The van der Waals surface area contributed by atoms with Gasteiger partial charge in [-0.2, -0.15) is 0 Å². The third kappa shape index (κ3) is 1.58. The monoisotopic (exact) mass is 197 g/mol. The van der Waals surface area contributed by atoms with Crippen LogP contribution in [0.15, 0.2) is 18.3 Å². The number of halogens is 2. The number of pyridine rings is 1. The van der Waals surface area contributed by atoms with Gasteiger partial charge in [0.2, 0.25) is 0 Å². The average Bonchev–Trinajstić information content (AvgIpc) is 2.17. The first kappa shape index (κ1) is 8.31. The van der Waals surface area contributed by atoms with Crippen molar-refractivity contribution < 1.29 is 4.39 Å². The van der Waals surface area contributed by atoms with Crippen molar-refractivity contribution in [1.29, 1.82) is 0 Å². The summed E-state index contributed by atoms with van der Waals surface area (Å²) in [6.45, 7) is -0.668. The van der Waals surface area contributed by atoms with Crippen LogP contribution in [0.2, 0.25) is 5.15 Å². The third-order valence-corrected chi connectivity index (χ3v) is 1.78. The molecule has 5 heteroatoms. The van der Waals surface area contributed by atoms with Gasteiger partial charge in [0.05, 0.1) is 11.7 Å². The molecule has 2 rings (SSSR count). The first-order chi connectivity index (χ1) is 6.29. The Labute approximate surface area is 78.6 Å². The van der Waals surface area contributed by atoms with Gasteiger partial charge in [-0.25, -0.2) is 19.3 Å². The lowest BCUT2D eigenvalue weighted by molar-refractivity contribution is 0.466. The molecule has 0 aliphatic carbocycles. The summed E-state index contributed by atoms with van der Waals surface area (Å²) in [4.78, 5) is 11.7. The lowest BCUT2D eigenvalue weighted by atomic mass is 10.3. The van der Waals surface area contributed by atoms with E-state index in [2.05, 4.69) is 15.0 Å². The summed E-state index contributed by atoms with van der Waals surface area (Å²) in [6.07, 6.45) is 1.46. The molecular weight excluding hydrogens is 193 g/mol. The summed E-state index contributed by atoms with van der Waals surface area (Å²) in [5, 5.41) is 0.379. The van der Waals surface area contributed by atoms with Gasteiger partial charge in [-0.15, -0.1) is 0 Å². The summed E-state index contributed by atoms with van der Waals surface area (Å²) in [5.74, 6) is 0.164. The van der Waals surface area contributed by atoms with Gasteiger partial charge >= 0.3 is 0 Å². The Bertz CT molecular complexity index is 446. The lowest BCUT2D eigenvalue weighted by Gasteiger charge is -1.97. The van der Waals surface area contributed by atoms with Crippen LogP contribution in [0.5, 0.6) is 0 Å². The number of alkyl halides is 1. The normalized spacial score (nSPS) is 10.6. The topological polar surface area (TPSA) is 38.7 Å². The van der Waals surface area contributed by atoms with E-state index < -0.39 is 6.67 Å². The zero-order valence-corrected chi connectivity index (χ0v) is 7.29. The second-order valence-electron chi connectivity index (χ2n) is 2.46. The van der Waals surface area contributed by atoms with Gasteiger partial charge in [0.1, 0.15) is 17.3 Å². The van der Waals surface area contributed by atoms with Gasteiger partial charge in [-0.3, -0.25) is 0 Å². The van der Waals surface area contributed by atoms with E-state index >= 15 is 0 Å². The highest BCUT2D eigenvalue weighted by atomic mass is 35.5. The number of rotatable bonds is 1. The van der Waals surface area contributed by atoms with Crippen molar-refractivity contribution in [2.75, 3.05) is 0 Å². The quantitative estimate of drug-likeness (QED) is 0.658. The summed E-state index contributed by atoms with van der Waals surface area (Å²) >= 11 is 5.65. The molecule has 0 aliphatic heterocycles. The van der Waals surface area contributed by atoms with Gasteiger partial charge in [-0.1, -0.05) is 11.6 Å². The number of hydrogen-bond donors (Lipinski definition) is 0. The Morgan fingerprint density at radius 2 is 2.08 bits per heavy atom. The largest absolute Gasteiger partial charge is 0.242 e. The summed E-state index contributed by atoms with van der Waals surface area (Å²) in [5.41, 5.74) is 1.18. The molecule has 0 aromatic carbocycles. The molecule has 2 aromatic rings. The van der Waals surface area contributed by atoms with E-state index in [4.69, 9.17) is 11.6 Å². The molecule has 0 saturated heterocycles. The Hall–Kier alpha value is -1.29. The van der Waals surface area contributed by atoms with Crippen molar-refractivity contribution in [3.63, 3.8) is 0 Å². The van der Waals surface area contributed by atoms with Crippen molar-refractivity contribution >= 4 is 22.6 Å². The highest BCUT2D eigenvalue weighted by molar-refractivity contribution is 6.29. The van der Waals surface area contributed by atoms with Crippen molar-refractivity contribution in [2.24, 2.45) is 0 Å². The Kier molecular flexibility index (Phi) is 2.06. The minimum atomic E-state index is -0.668. The van der Waals surface area contributed by atoms with Gasteiger partial charge in [0, 0.05) is 0 Å². The number of fused-ring (bicyclic) bond motifs is 1. The fraction of sp³-hybridized carbons (Fsp3) is 0.125. The number of aromatic nitrogens is 3. The van der Waals surface area contributed by atoms with Crippen LogP contribution in [0.25, 0.3) is 11.0 Å². The predicted molar refractivity (Wildman–Crippen MR) is 47.2 cm³/mol. The second kappa shape index (κ2) is 3.22. The molecule has 2 aromatic heterocycles. The fourth-order valence-corrected chi connectivity index (χ4v) is 1.15. The van der Waals surface area contributed by atoms with Crippen molar-refractivity contribution in [3.05, 3.63) is 29.3 Å². The fourth-order valence-electron chi connectivity index (χ4n) is 1.00. The number of hydrogen-bond acceptors (Lipinski definition) is 3. The highest BCUT2D eigenvalue weighted by Crippen LogP contribution is 2.12. The predicted octanol–water partition coefficient (Wildman–Crippen LogP) is 2.15. The molecular formula is C8H5ClFN3. The van der Waals surface area contributed by atoms with E-state index in [9.17, 15) is 4.39 Å². The van der Waals surface area contributed by atoms with Crippen LogP contribution in [0.4, 0.5) is 4.39 Å². The average molecular weight is 198 g/mol. The van der Waals surface area contributed by atoms with E-state index in [1.165, 1.54) is 6.20 Å². The van der Waals surface area contributed by atoms with E-state index in [-0.39, 0.29) is 5.82 Å². The van der Waals surface area contributed by atoms with Gasteiger partial charge < -0.3 is 0 Å². The molecule has 0 unspecified atom stereocenters. The van der Waals surface area contributed by atoms with E-state index in [1.54, 1.807) is 12.1 Å². The smallest absolute Gasteiger partial charge is 0.160 e. The molecule has 0 aliphatic rings. The van der Waals surface area contributed by atoms with Crippen LogP contribution >= 0.6 is 11.6 Å². The second-order valence-corrected chi connectivity index (χ2v) is 2.85. The molecule has 0 radical (unpaired) electrons. The van der Waals surface area contributed by atoms with Crippen LogP contribution in [-0.2, 0) is 6.67 Å². The number of nitrogens with zero attached hydrogens (tertiary/aromatic N) is 3. The van der Waals surface area contributed by atoms with Crippen molar-refractivity contribution in [3.8, 4) is 0 Å². The SMILES string of the molecule is FCc1ncc2nc(Cl)ccc2n1. The zero-order valence-electron chi connectivity index (χ0n) is 6.54. The van der Waals surface area contributed by atoms with Crippen LogP contribution in [0, 0.1) is 0 Å². The first-order valence-corrected chi connectivity index (χ1v) is 4.01. The molecule has 0 N–H and O–H groups in total. The van der Waals surface area contributed by atoms with E-state index in [1.807, 2.05) is 0 Å². The zero-order chi connectivity index (χ0) is 9.26. The van der Waals surface area contributed by atoms with Gasteiger partial charge in [0.25, 0.3) is 0 Å². The molecule has 0 fully saturated rings. The van der Waals surface area contributed by atoms with Crippen LogP contribution in [0.3, 0.4) is 0 Å². The third-order valence-electron chi connectivity index (χ3n) is 1.57. The molecule has 0 amide bonds. The minimum absolute atomic E-state index is 0.164. The standard InChI is InChI=1S/C8H5ClFN3/c9-7-2-1-5-6(12-7)4-11-8(3-10)13-5/h1-2,4H,3H2. The first-order valence-electron chi connectivity index (χ1n) is 3.64. The maximum Gasteiger partial charge on any atom is 0.160 e. The Morgan fingerprint density at radius 3 is 2.85 bits per heavy atom. The molecule has 3 nitrogen and oxygen atoms in total. The molecule has 0 atom stereocenters.